The molecule has 164 valence electrons. The van der Waals surface area contributed by atoms with Crippen LogP contribution in [0.5, 0.6) is 5.75 Å². The van der Waals surface area contributed by atoms with Gasteiger partial charge in [0.1, 0.15) is 5.75 Å². The molecule has 0 atom stereocenters. The van der Waals surface area contributed by atoms with Gasteiger partial charge in [0.25, 0.3) is 5.91 Å². The Morgan fingerprint density at radius 1 is 0.839 bits per heavy atom. The van der Waals surface area contributed by atoms with Gasteiger partial charge in [0, 0.05) is 49.3 Å². The van der Waals surface area contributed by atoms with Crippen molar-refractivity contribution in [3.05, 3.63) is 48.0 Å². The minimum Gasteiger partial charge on any atom is -0.497 e. The number of methoxy groups -OCH3 is 1. The van der Waals surface area contributed by atoms with Gasteiger partial charge in [-0.15, -0.1) is 0 Å². The van der Waals surface area contributed by atoms with Gasteiger partial charge in [0.2, 0.25) is 0 Å². The molecule has 0 bridgehead atoms. The molecule has 0 spiro atoms. The van der Waals surface area contributed by atoms with Crippen molar-refractivity contribution in [3.63, 3.8) is 0 Å². The maximum Gasteiger partial charge on any atom is 0.323 e. The number of urea groups is 1. The molecule has 2 aliphatic heterocycles. The van der Waals surface area contributed by atoms with E-state index in [9.17, 15) is 9.59 Å². The number of benzene rings is 2. The molecule has 0 unspecified atom stereocenters. The molecule has 2 N–H and O–H groups in total. The minimum absolute atomic E-state index is 0.0541. The van der Waals surface area contributed by atoms with Crippen molar-refractivity contribution in [1.82, 2.24) is 4.90 Å². The molecule has 0 saturated carbocycles. The quantitative estimate of drug-likeness (QED) is 0.741. The van der Waals surface area contributed by atoms with Crippen LogP contribution < -0.4 is 20.3 Å². The van der Waals surface area contributed by atoms with E-state index in [-0.39, 0.29) is 11.9 Å². The van der Waals surface area contributed by atoms with Crippen molar-refractivity contribution in [2.75, 3.05) is 48.8 Å². The van der Waals surface area contributed by atoms with Crippen LogP contribution >= 0.6 is 0 Å². The lowest BCUT2D eigenvalue weighted by Crippen LogP contribution is -2.36. The summed E-state index contributed by atoms with van der Waals surface area (Å²) in [5, 5.41) is 5.67. The first-order chi connectivity index (χ1) is 15.1. The molecular formula is C24H30N4O3. The second-order valence-electron chi connectivity index (χ2n) is 8.09. The summed E-state index contributed by atoms with van der Waals surface area (Å²) in [6.07, 6.45) is 5.55. The van der Waals surface area contributed by atoms with E-state index in [1.807, 2.05) is 35.2 Å². The van der Waals surface area contributed by atoms with Crippen molar-refractivity contribution >= 4 is 29.0 Å². The molecule has 3 amide bonds. The molecule has 4 rings (SSSR count). The molecule has 7 nitrogen and oxygen atoms in total. The SMILES string of the molecule is COc1cccc(NC(=O)Nc2ccc(N3CCCC3)c(C(=O)N3CCCCC3)c2)c1. The van der Waals surface area contributed by atoms with Crippen molar-refractivity contribution in [1.29, 1.82) is 0 Å². The van der Waals surface area contributed by atoms with Crippen LogP contribution in [0, 0.1) is 0 Å². The lowest BCUT2D eigenvalue weighted by Gasteiger charge is -2.29. The Balaban J connectivity index is 1.53. The zero-order chi connectivity index (χ0) is 21.6. The van der Waals surface area contributed by atoms with Gasteiger partial charge in [-0.25, -0.2) is 4.79 Å². The van der Waals surface area contributed by atoms with Crippen LogP contribution in [0.15, 0.2) is 42.5 Å². The number of ether oxygens (including phenoxy) is 1. The summed E-state index contributed by atoms with van der Waals surface area (Å²) in [6.45, 7) is 3.52. The number of rotatable bonds is 5. The monoisotopic (exact) mass is 422 g/mol. The Kier molecular flexibility index (Phi) is 6.60. The van der Waals surface area contributed by atoms with E-state index in [0.717, 1.165) is 57.5 Å². The number of anilines is 3. The van der Waals surface area contributed by atoms with E-state index < -0.39 is 0 Å². The van der Waals surface area contributed by atoms with Gasteiger partial charge in [0.05, 0.1) is 12.7 Å². The first-order valence-corrected chi connectivity index (χ1v) is 11.0. The third-order valence-corrected chi connectivity index (χ3v) is 5.90. The molecule has 0 aliphatic carbocycles. The zero-order valence-corrected chi connectivity index (χ0v) is 18.0. The van der Waals surface area contributed by atoms with Gasteiger partial charge in [-0.1, -0.05) is 6.07 Å². The average molecular weight is 423 g/mol. The third-order valence-electron chi connectivity index (χ3n) is 5.90. The van der Waals surface area contributed by atoms with Crippen molar-refractivity contribution in [2.45, 2.75) is 32.1 Å². The van der Waals surface area contributed by atoms with Crippen LogP contribution in [-0.2, 0) is 0 Å². The van der Waals surface area contributed by atoms with Crippen molar-refractivity contribution in [2.24, 2.45) is 0 Å². The van der Waals surface area contributed by atoms with Gasteiger partial charge < -0.3 is 25.2 Å². The van der Waals surface area contributed by atoms with Gasteiger partial charge in [-0.05, 0) is 62.4 Å². The highest BCUT2D eigenvalue weighted by molar-refractivity contribution is 6.04. The second-order valence-corrected chi connectivity index (χ2v) is 8.09. The molecule has 2 aliphatic rings. The highest BCUT2D eigenvalue weighted by Gasteiger charge is 2.25. The molecule has 31 heavy (non-hydrogen) atoms. The lowest BCUT2D eigenvalue weighted by atomic mass is 10.1. The number of carbonyl (C=O) groups excluding carboxylic acids is 2. The van der Waals surface area contributed by atoms with Gasteiger partial charge in [-0.2, -0.15) is 0 Å². The van der Waals surface area contributed by atoms with E-state index >= 15 is 0 Å². The summed E-state index contributed by atoms with van der Waals surface area (Å²) < 4.78 is 5.20. The highest BCUT2D eigenvalue weighted by Crippen LogP contribution is 2.29. The largest absolute Gasteiger partial charge is 0.497 e. The number of nitrogens with one attached hydrogen (secondary N) is 2. The molecule has 0 aromatic heterocycles. The minimum atomic E-state index is -0.362. The number of hydrogen-bond acceptors (Lipinski definition) is 4. The molecule has 2 fully saturated rings. The Labute approximate surface area is 183 Å². The topological polar surface area (TPSA) is 73.9 Å². The van der Waals surface area contributed by atoms with Crippen LogP contribution in [0.1, 0.15) is 42.5 Å². The zero-order valence-electron chi connectivity index (χ0n) is 18.0. The smallest absolute Gasteiger partial charge is 0.323 e. The average Bonchev–Trinajstić information content (AvgIpc) is 3.34. The second kappa shape index (κ2) is 9.73. The van der Waals surface area contributed by atoms with Crippen LogP contribution in [-0.4, -0.2) is 50.1 Å². The van der Waals surface area contributed by atoms with E-state index in [1.54, 1.807) is 19.2 Å². The number of carbonyl (C=O) groups is 2. The van der Waals surface area contributed by atoms with Crippen molar-refractivity contribution in [3.8, 4) is 5.75 Å². The Hall–Kier alpha value is -3.22. The van der Waals surface area contributed by atoms with E-state index in [0.29, 0.717) is 22.7 Å². The van der Waals surface area contributed by atoms with Crippen LogP contribution in [0.25, 0.3) is 0 Å². The summed E-state index contributed by atoms with van der Waals surface area (Å²) in [5.74, 6) is 0.723. The molecule has 2 saturated heterocycles. The van der Waals surface area contributed by atoms with Crippen LogP contribution in [0.4, 0.5) is 21.9 Å². The molecular weight excluding hydrogens is 392 g/mol. The van der Waals surface area contributed by atoms with Gasteiger partial charge in [0.15, 0.2) is 0 Å². The van der Waals surface area contributed by atoms with Gasteiger partial charge >= 0.3 is 6.03 Å². The number of amides is 3. The Bertz CT molecular complexity index is 934. The van der Waals surface area contributed by atoms with Crippen LogP contribution in [0.2, 0.25) is 0 Å². The third kappa shape index (κ3) is 5.10. The fraction of sp³-hybridized carbons (Fsp3) is 0.417. The van der Waals surface area contributed by atoms with E-state index in [1.165, 1.54) is 6.42 Å². The highest BCUT2D eigenvalue weighted by atomic mass is 16.5. The summed E-state index contributed by atoms with van der Waals surface area (Å²) in [7, 11) is 1.59. The lowest BCUT2D eigenvalue weighted by molar-refractivity contribution is 0.0725. The first kappa shape index (κ1) is 21.0. The number of hydrogen-bond donors (Lipinski definition) is 2. The van der Waals surface area contributed by atoms with E-state index in [2.05, 4.69) is 15.5 Å². The fourth-order valence-corrected chi connectivity index (χ4v) is 4.28. The summed E-state index contributed by atoms with van der Waals surface area (Å²) in [6, 6.07) is 12.5. The Morgan fingerprint density at radius 2 is 1.52 bits per heavy atom. The van der Waals surface area contributed by atoms with Crippen LogP contribution in [0.3, 0.4) is 0 Å². The van der Waals surface area contributed by atoms with Crippen molar-refractivity contribution < 1.29 is 14.3 Å². The normalized spacial score (nSPS) is 16.2. The summed E-state index contributed by atoms with van der Waals surface area (Å²) >= 11 is 0. The number of piperidine rings is 1. The number of nitrogens with zero attached hydrogens (tertiary/aromatic N) is 2. The maximum absolute atomic E-state index is 13.3. The van der Waals surface area contributed by atoms with E-state index in [4.69, 9.17) is 4.74 Å². The summed E-state index contributed by atoms with van der Waals surface area (Å²) in [4.78, 5) is 30.1. The summed E-state index contributed by atoms with van der Waals surface area (Å²) in [5.41, 5.74) is 2.87. The Morgan fingerprint density at radius 3 is 2.23 bits per heavy atom. The maximum atomic E-state index is 13.3. The standard InChI is InChI=1S/C24H30N4O3/c1-31-20-9-7-8-18(16-20)25-24(30)26-19-10-11-22(27-12-5-6-13-27)21(17-19)23(29)28-14-3-2-4-15-28/h7-11,16-17H,2-6,12-15H2,1H3,(H2,25,26,30). The molecule has 2 aromatic carbocycles. The molecule has 2 heterocycles. The molecule has 7 heteroatoms. The first-order valence-electron chi connectivity index (χ1n) is 11.0. The number of likely N-dealkylation sites (tertiary alicyclic amines) is 1. The molecule has 0 radical (unpaired) electrons. The predicted molar refractivity (Wildman–Crippen MR) is 123 cm³/mol. The van der Waals surface area contributed by atoms with Gasteiger partial charge in [-0.3, -0.25) is 4.79 Å². The fourth-order valence-electron chi connectivity index (χ4n) is 4.28. The predicted octanol–water partition coefficient (Wildman–Crippen LogP) is 4.57. The molecule has 2 aromatic rings.